The molecule has 0 radical (unpaired) electrons. The molecule has 2 N–H and O–H groups in total. The van der Waals surface area contributed by atoms with Crippen LogP contribution in [0.25, 0.3) is 0 Å². The van der Waals surface area contributed by atoms with Crippen molar-refractivity contribution in [1.82, 2.24) is 20.1 Å². The molecule has 0 bridgehead atoms. The number of nitrogens with one attached hydrogen (secondary N) is 1. The van der Waals surface area contributed by atoms with Crippen molar-refractivity contribution in [3.63, 3.8) is 0 Å². The minimum atomic E-state index is -0.539. The van der Waals surface area contributed by atoms with Crippen LogP contribution >= 0.6 is 0 Å². The highest BCUT2D eigenvalue weighted by Crippen LogP contribution is 2.21. The first kappa shape index (κ1) is 16.6. The van der Waals surface area contributed by atoms with Gasteiger partial charge in [0.05, 0.1) is 17.3 Å². The number of aryl methyl sites for hydroxylation is 1. The van der Waals surface area contributed by atoms with E-state index in [1.54, 1.807) is 12.4 Å². The molecule has 0 saturated heterocycles. The molecule has 0 spiro atoms. The highest BCUT2D eigenvalue weighted by Gasteiger charge is 2.19. The Bertz CT molecular complexity index is 601. The van der Waals surface area contributed by atoms with Crippen LogP contribution in [0.1, 0.15) is 56.7 Å². The Kier molecular flexibility index (Phi) is 4.98. The fourth-order valence-corrected chi connectivity index (χ4v) is 2.34. The van der Waals surface area contributed by atoms with E-state index >= 15 is 0 Å². The van der Waals surface area contributed by atoms with Crippen molar-refractivity contribution in [3.05, 3.63) is 47.5 Å². The van der Waals surface area contributed by atoms with Crippen molar-refractivity contribution in [2.75, 3.05) is 6.54 Å². The number of aromatic nitrogens is 3. The predicted octanol–water partition coefficient (Wildman–Crippen LogP) is 2.73. The van der Waals surface area contributed by atoms with Crippen molar-refractivity contribution < 1.29 is 5.11 Å². The third-order valence-electron chi connectivity index (χ3n) is 3.80. The highest BCUT2D eigenvalue weighted by molar-refractivity contribution is 5.20. The number of hydrogen-bond donors (Lipinski definition) is 2. The van der Waals surface area contributed by atoms with Gasteiger partial charge < -0.3 is 10.4 Å². The molecule has 2 unspecified atom stereocenters. The Hall–Kier alpha value is -1.72. The van der Waals surface area contributed by atoms with Crippen LogP contribution in [0.2, 0.25) is 0 Å². The van der Waals surface area contributed by atoms with Gasteiger partial charge in [0.1, 0.15) is 0 Å². The minimum Gasteiger partial charge on any atom is -0.387 e. The summed E-state index contributed by atoms with van der Waals surface area (Å²) in [6.45, 7) is 11.0. The van der Waals surface area contributed by atoms with Gasteiger partial charge in [0.15, 0.2) is 0 Å². The topological polar surface area (TPSA) is 63.0 Å². The summed E-state index contributed by atoms with van der Waals surface area (Å²) in [5.74, 6) is 0. The molecule has 2 atom stereocenters. The summed E-state index contributed by atoms with van der Waals surface area (Å²) >= 11 is 0. The van der Waals surface area contributed by atoms with Crippen LogP contribution in [0.4, 0.5) is 0 Å². The summed E-state index contributed by atoms with van der Waals surface area (Å²) in [4.78, 5) is 3.97. The number of nitrogens with zero attached hydrogens (tertiary/aromatic N) is 3. The first-order valence-corrected chi connectivity index (χ1v) is 7.67. The molecule has 120 valence electrons. The van der Waals surface area contributed by atoms with E-state index in [0.717, 1.165) is 16.8 Å². The molecule has 0 amide bonds. The van der Waals surface area contributed by atoms with Gasteiger partial charge in [-0.25, -0.2) is 0 Å². The average molecular weight is 302 g/mol. The second-order valence-corrected chi connectivity index (χ2v) is 6.71. The van der Waals surface area contributed by atoms with E-state index in [4.69, 9.17) is 0 Å². The van der Waals surface area contributed by atoms with Crippen molar-refractivity contribution in [3.8, 4) is 0 Å². The van der Waals surface area contributed by atoms with E-state index in [2.05, 4.69) is 49.3 Å². The van der Waals surface area contributed by atoms with Crippen molar-refractivity contribution >= 4 is 0 Å². The number of rotatable bonds is 5. The third kappa shape index (κ3) is 3.93. The second-order valence-electron chi connectivity index (χ2n) is 6.71. The summed E-state index contributed by atoms with van der Waals surface area (Å²) < 4.78 is 2.00. The van der Waals surface area contributed by atoms with Gasteiger partial charge in [-0.1, -0.05) is 0 Å². The predicted molar refractivity (Wildman–Crippen MR) is 87.6 cm³/mol. The molecule has 0 aliphatic heterocycles. The van der Waals surface area contributed by atoms with Gasteiger partial charge in [-0.15, -0.1) is 0 Å². The van der Waals surface area contributed by atoms with Gasteiger partial charge >= 0.3 is 0 Å². The normalized spacial score (nSPS) is 14.8. The zero-order valence-corrected chi connectivity index (χ0v) is 14.0. The molecule has 22 heavy (non-hydrogen) atoms. The van der Waals surface area contributed by atoms with E-state index in [-0.39, 0.29) is 11.6 Å². The Morgan fingerprint density at radius 3 is 2.45 bits per heavy atom. The molecule has 2 aromatic heterocycles. The van der Waals surface area contributed by atoms with Gasteiger partial charge in [-0.2, -0.15) is 5.10 Å². The lowest BCUT2D eigenvalue weighted by atomic mass is 10.1. The van der Waals surface area contributed by atoms with Crippen LogP contribution < -0.4 is 5.32 Å². The first-order chi connectivity index (χ1) is 10.3. The average Bonchev–Trinajstić information content (AvgIpc) is 2.87. The molecule has 5 nitrogen and oxygen atoms in total. The number of hydrogen-bond acceptors (Lipinski definition) is 4. The molecular weight excluding hydrogens is 276 g/mol. The molecule has 0 aliphatic carbocycles. The van der Waals surface area contributed by atoms with Gasteiger partial charge in [0.25, 0.3) is 0 Å². The summed E-state index contributed by atoms with van der Waals surface area (Å²) in [5.41, 5.74) is 3.03. The molecule has 0 aromatic carbocycles. The van der Waals surface area contributed by atoms with Crippen LogP contribution in [0.15, 0.2) is 30.7 Å². The lowest BCUT2D eigenvalue weighted by Crippen LogP contribution is -2.25. The first-order valence-electron chi connectivity index (χ1n) is 7.67. The number of pyridine rings is 1. The van der Waals surface area contributed by atoms with Crippen LogP contribution in [-0.4, -0.2) is 26.4 Å². The fraction of sp³-hybridized carbons (Fsp3) is 0.529. The minimum absolute atomic E-state index is 0.0285. The van der Waals surface area contributed by atoms with E-state index in [0.29, 0.717) is 6.54 Å². The zero-order chi connectivity index (χ0) is 16.3. The molecule has 2 rings (SSSR count). The molecule has 0 aliphatic rings. The lowest BCUT2D eigenvalue weighted by Gasteiger charge is -2.19. The van der Waals surface area contributed by atoms with Gasteiger partial charge in [-0.3, -0.25) is 9.67 Å². The summed E-state index contributed by atoms with van der Waals surface area (Å²) in [7, 11) is 0. The van der Waals surface area contributed by atoms with Crippen LogP contribution in [0.5, 0.6) is 0 Å². The monoisotopic (exact) mass is 302 g/mol. The second kappa shape index (κ2) is 6.58. The molecular formula is C17H26N4O. The number of aliphatic hydroxyl groups excluding tert-OH is 1. The standard InChI is InChI=1S/C17H26N4O/c1-12(15-11-21(17(3,4)5)20-13(15)2)19-10-16(22)14-6-8-18-9-7-14/h6-9,11-12,16,19,22H,10H2,1-5H3. The quantitative estimate of drug-likeness (QED) is 0.891. The molecule has 0 fully saturated rings. The van der Waals surface area contributed by atoms with Gasteiger partial charge in [0.2, 0.25) is 0 Å². The molecule has 5 heteroatoms. The van der Waals surface area contributed by atoms with Gasteiger partial charge in [-0.05, 0) is 52.3 Å². The van der Waals surface area contributed by atoms with Crippen molar-refractivity contribution in [2.45, 2.75) is 52.3 Å². The molecule has 2 aromatic rings. The zero-order valence-electron chi connectivity index (χ0n) is 14.0. The highest BCUT2D eigenvalue weighted by atomic mass is 16.3. The Morgan fingerprint density at radius 1 is 1.27 bits per heavy atom. The summed E-state index contributed by atoms with van der Waals surface area (Å²) in [5, 5.41) is 18.2. The van der Waals surface area contributed by atoms with Crippen LogP contribution in [-0.2, 0) is 5.54 Å². The lowest BCUT2D eigenvalue weighted by molar-refractivity contribution is 0.170. The maximum Gasteiger partial charge on any atom is 0.0915 e. The van der Waals surface area contributed by atoms with E-state index < -0.39 is 6.10 Å². The smallest absolute Gasteiger partial charge is 0.0915 e. The van der Waals surface area contributed by atoms with E-state index in [1.165, 1.54) is 0 Å². The molecule has 0 saturated carbocycles. The van der Waals surface area contributed by atoms with Crippen LogP contribution in [0, 0.1) is 6.92 Å². The maximum atomic E-state index is 10.2. The van der Waals surface area contributed by atoms with Crippen molar-refractivity contribution in [2.24, 2.45) is 0 Å². The Balaban J connectivity index is 2.01. The number of aliphatic hydroxyl groups is 1. The fourth-order valence-electron chi connectivity index (χ4n) is 2.34. The van der Waals surface area contributed by atoms with Crippen molar-refractivity contribution in [1.29, 1.82) is 0 Å². The van der Waals surface area contributed by atoms with Crippen LogP contribution in [0.3, 0.4) is 0 Å². The van der Waals surface area contributed by atoms with E-state index in [1.807, 2.05) is 23.7 Å². The Labute approximate surface area is 132 Å². The SMILES string of the molecule is Cc1nn(C(C)(C)C)cc1C(C)NCC(O)c1ccncc1. The van der Waals surface area contributed by atoms with Gasteiger partial charge in [0, 0.05) is 36.7 Å². The largest absolute Gasteiger partial charge is 0.387 e. The summed E-state index contributed by atoms with van der Waals surface area (Å²) in [6.07, 6.45) is 4.94. The summed E-state index contributed by atoms with van der Waals surface area (Å²) in [6, 6.07) is 3.80. The Morgan fingerprint density at radius 2 is 1.91 bits per heavy atom. The maximum absolute atomic E-state index is 10.2. The molecule has 2 heterocycles. The third-order valence-corrected chi connectivity index (χ3v) is 3.80. The van der Waals surface area contributed by atoms with E-state index in [9.17, 15) is 5.11 Å².